The molecule has 0 spiro atoms. The van der Waals surface area contributed by atoms with Crippen LogP contribution < -0.4 is 5.32 Å². The van der Waals surface area contributed by atoms with Crippen LogP contribution in [0.1, 0.15) is 13.3 Å². The van der Waals surface area contributed by atoms with Crippen LogP contribution in [-0.4, -0.2) is 87.1 Å². The molecule has 5 nitrogen and oxygen atoms in total. The number of piperazine rings is 1. The van der Waals surface area contributed by atoms with Crippen LogP contribution in [-0.2, 0) is 4.79 Å². The minimum atomic E-state index is -0.00902. The number of hydrogen-bond acceptors (Lipinski definition) is 4. The molecule has 106 valence electrons. The maximum atomic E-state index is 12.3. The smallest absolute Gasteiger partial charge is 0.239 e. The molecule has 1 aliphatic heterocycles. The summed E-state index contributed by atoms with van der Waals surface area (Å²) in [7, 11) is 6.20. The third-order valence-corrected chi connectivity index (χ3v) is 3.56. The average Bonchev–Trinajstić information content (AvgIpc) is 2.37. The third-order valence-electron chi connectivity index (χ3n) is 3.56. The molecule has 18 heavy (non-hydrogen) atoms. The maximum absolute atomic E-state index is 12.3. The normalized spacial score (nSPS) is 18.4. The highest BCUT2D eigenvalue weighted by Gasteiger charge is 2.24. The van der Waals surface area contributed by atoms with Gasteiger partial charge in [0.15, 0.2) is 0 Å². The monoisotopic (exact) mass is 256 g/mol. The molecule has 0 aromatic carbocycles. The largest absolute Gasteiger partial charge is 0.339 e. The van der Waals surface area contributed by atoms with Gasteiger partial charge in [0.25, 0.3) is 0 Å². The Kier molecular flexibility index (Phi) is 6.60. The van der Waals surface area contributed by atoms with Crippen LogP contribution in [0.25, 0.3) is 0 Å². The molecule has 1 atom stereocenters. The average molecular weight is 256 g/mol. The SMILES string of the molecule is CC(C(=O)N1CCNCC1)N(C)CCCN(C)C. The Balaban J connectivity index is 2.32. The van der Waals surface area contributed by atoms with Gasteiger partial charge >= 0.3 is 0 Å². The first-order valence-corrected chi connectivity index (χ1v) is 6.87. The van der Waals surface area contributed by atoms with Crippen molar-refractivity contribution in [2.75, 3.05) is 60.4 Å². The topological polar surface area (TPSA) is 38.8 Å². The molecular weight excluding hydrogens is 228 g/mol. The summed E-state index contributed by atoms with van der Waals surface area (Å²) >= 11 is 0. The molecule has 0 aliphatic carbocycles. The fourth-order valence-corrected chi connectivity index (χ4v) is 2.17. The second-order valence-corrected chi connectivity index (χ2v) is 5.39. The van der Waals surface area contributed by atoms with Crippen molar-refractivity contribution in [1.29, 1.82) is 0 Å². The predicted molar refractivity (Wildman–Crippen MR) is 74.7 cm³/mol. The lowest BCUT2D eigenvalue weighted by Gasteiger charge is -2.33. The first kappa shape index (κ1) is 15.4. The Morgan fingerprint density at radius 3 is 2.39 bits per heavy atom. The minimum absolute atomic E-state index is 0.00902. The van der Waals surface area contributed by atoms with Gasteiger partial charge in [-0.05, 0) is 47.6 Å². The van der Waals surface area contributed by atoms with E-state index in [4.69, 9.17) is 0 Å². The van der Waals surface area contributed by atoms with Crippen LogP contribution in [0.3, 0.4) is 0 Å². The zero-order valence-electron chi connectivity index (χ0n) is 12.3. The molecule has 5 heteroatoms. The number of nitrogens with zero attached hydrogens (tertiary/aromatic N) is 3. The first-order valence-electron chi connectivity index (χ1n) is 6.87. The van der Waals surface area contributed by atoms with Gasteiger partial charge in [-0.1, -0.05) is 0 Å². The van der Waals surface area contributed by atoms with Gasteiger partial charge in [0.2, 0.25) is 5.91 Å². The fraction of sp³-hybridized carbons (Fsp3) is 0.923. The first-order chi connectivity index (χ1) is 8.52. The molecule has 0 bridgehead atoms. The lowest BCUT2D eigenvalue weighted by molar-refractivity contribution is -0.136. The van der Waals surface area contributed by atoms with Gasteiger partial charge < -0.3 is 15.1 Å². The quantitative estimate of drug-likeness (QED) is 0.708. The van der Waals surface area contributed by atoms with Gasteiger partial charge in [0, 0.05) is 26.2 Å². The summed E-state index contributed by atoms with van der Waals surface area (Å²) in [5, 5.41) is 3.27. The third kappa shape index (κ3) is 4.92. The molecule has 0 aromatic heterocycles. The number of amides is 1. The van der Waals surface area contributed by atoms with Crippen molar-refractivity contribution in [2.45, 2.75) is 19.4 Å². The second kappa shape index (κ2) is 7.71. The molecule has 0 aromatic rings. The zero-order chi connectivity index (χ0) is 13.5. The molecule has 1 saturated heterocycles. The summed E-state index contributed by atoms with van der Waals surface area (Å²) in [6, 6.07) is -0.00902. The molecule has 1 fully saturated rings. The van der Waals surface area contributed by atoms with Crippen molar-refractivity contribution in [3.63, 3.8) is 0 Å². The molecule has 1 aliphatic rings. The van der Waals surface area contributed by atoms with Gasteiger partial charge in [0.05, 0.1) is 6.04 Å². The Morgan fingerprint density at radius 1 is 1.22 bits per heavy atom. The van der Waals surface area contributed by atoms with Gasteiger partial charge in [-0.3, -0.25) is 9.69 Å². The van der Waals surface area contributed by atoms with E-state index < -0.39 is 0 Å². The molecule has 1 N–H and O–H groups in total. The summed E-state index contributed by atoms with van der Waals surface area (Å²) in [6.45, 7) is 7.57. The van der Waals surface area contributed by atoms with E-state index in [1.165, 1.54) is 0 Å². The van der Waals surface area contributed by atoms with E-state index in [1.807, 2.05) is 18.9 Å². The highest BCUT2D eigenvalue weighted by Crippen LogP contribution is 2.04. The number of carbonyl (C=O) groups excluding carboxylic acids is 1. The van der Waals surface area contributed by atoms with Crippen LogP contribution in [0.2, 0.25) is 0 Å². The molecule has 1 unspecified atom stereocenters. The summed E-state index contributed by atoms with van der Waals surface area (Å²) in [5.41, 5.74) is 0. The van der Waals surface area contributed by atoms with E-state index in [0.29, 0.717) is 0 Å². The van der Waals surface area contributed by atoms with Crippen molar-refractivity contribution in [3.8, 4) is 0 Å². The second-order valence-electron chi connectivity index (χ2n) is 5.39. The highest BCUT2D eigenvalue weighted by molar-refractivity contribution is 5.81. The van der Waals surface area contributed by atoms with Crippen molar-refractivity contribution < 1.29 is 4.79 Å². The Labute approximate surface area is 111 Å². The van der Waals surface area contributed by atoms with E-state index in [-0.39, 0.29) is 11.9 Å². The summed E-state index contributed by atoms with van der Waals surface area (Å²) in [5.74, 6) is 0.267. The van der Waals surface area contributed by atoms with E-state index in [0.717, 1.165) is 45.7 Å². The number of likely N-dealkylation sites (N-methyl/N-ethyl adjacent to an activating group) is 1. The van der Waals surface area contributed by atoms with Crippen molar-refractivity contribution >= 4 is 5.91 Å². The van der Waals surface area contributed by atoms with E-state index >= 15 is 0 Å². The number of hydrogen-bond donors (Lipinski definition) is 1. The van der Waals surface area contributed by atoms with Crippen LogP contribution >= 0.6 is 0 Å². The number of rotatable bonds is 6. The molecular formula is C13H28N4O. The zero-order valence-corrected chi connectivity index (χ0v) is 12.3. The summed E-state index contributed by atoms with van der Waals surface area (Å²) in [4.78, 5) is 18.6. The van der Waals surface area contributed by atoms with Gasteiger partial charge in [-0.15, -0.1) is 0 Å². The number of nitrogens with one attached hydrogen (secondary N) is 1. The van der Waals surface area contributed by atoms with Crippen LogP contribution in [0.15, 0.2) is 0 Å². The van der Waals surface area contributed by atoms with E-state index in [1.54, 1.807) is 0 Å². The standard InChI is InChI=1S/C13H28N4O/c1-12(16(4)9-5-8-15(2)3)13(18)17-10-6-14-7-11-17/h12,14H,5-11H2,1-4H3. The van der Waals surface area contributed by atoms with Crippen LogP contribution in [0.5, 0.6) is 0 Å². The molecule has 0 saturated carbocycles. The molecule has 0 radical (unpaired) electrons. The van der Waals surface area contributed by atoms with E-state index in [2.05, 4.69) is 29.2 Å². The molecule has 1 heterocycles. The summed E-state index contributed by atoms with van der Waals surface area (Å²) < 4.78 is 0. The van der Waals surface area contributed by atoms with Crippen LogP contribution in [0, 0.1) is 0 Å². The Hall–Kier alpha value is -0.650. The lowest BCUT2D eigenvalue weighted by atomic mass is 10.2. The van der Waals surface area contributed by atoms with Gasteiger partial charge in [-0.2, -0.15) is 0 Å². The fourth-order valence-electron chi connectivity index (χ4n) is 2.17. The van der Waals surface area contributed by atoms with Crippen molar-refractivity contribution in [3.05, 3.63) is 0 Å². The predicted octanol–water partition coefficient (Wildman–Crippen LogP) is -0.310. The maximum Gasteiger partial charge on any atom is 0.239 e. The van der Waals surface area contributed by atoms with E-state index in [9.17, 15) is 4.79 Å². The van der Waals surface area contributed by atoms with Gasteiger partial charge in [0.1, 0.15) is 0 Å². The molecule has 1 rings (SSSR count). The Morgan fingerprint density at radius 2 is 1.83 bits per heavy atom. The van der Waals surface area contributed by atoms with Crippen molar-refractivity contribution in [1.82, 2.24) is 20.0 Å². The number of carbonyl (C=O) groups is 1. The highest BCUT2D eigenvalue weighted by atomic mass is 16.2. The molecule has 1 amide bonds. The van der Waals surface area contributed by atoms with Crippen LogP contribution in [0.4, 0.5) is 0 Å². The van der Waals surface area contributed by atoms with Crippen molar-refractivity contribution in [2.24, 2.45) is 0 Å². The minimum Gasteiger partial charge on any atom is -0.339 e. The summed E-state index contributed by atoms with van der Waals surface area (Å²) in [6.07, 6.45) is 1.10. The Bertz CT molecular complexity index is 251. The van der Waals surface area contributed by atoms with Gasteiger partial charge in [-0.25, -0.2) is 0 Å². The lowest BCUT2D eigenvalue weighted by Crippen LogP contribution is -2.52.